The highest BCUT2D eigenvalue weighted by Crippen LogP contribution is 2.22. The van der Waals surface area contributed by atoms with E-state index in [2.05, 4.69) is 10.3 Å². The zero-order valence-corrected chi connectivity index (χ0v) is 14.3. The van der Waals surface area contributed by atoms with Gasteiger partial charge < -0.3 is 19.9 Å². The van der Waals surface area contributed by atoms with E-state index in [4.69, 9.17) is 14.6 Å². The zero-order valence-electron chi connectivity index (χ0n) is 12.7. The fourth-order valence-corrected chi connectivity index (χ4v) is 1.64. The molecule has 0 aromatic carbocycles. The molecule has 0 saturated carbocycles. The van der Waals surface area contributed by atoms with Crippen molar-refractivity contribution >= 4 is 30.7 Å². The van der Waals surface area contributed by atoms with E-state index < -0.39 is 5.54 Å². The number of nitrogens with zero attached hydrogens (tertiary/aromatic N) is 1. The van der Waals surface area contributed by atoms with E-state index in [0.717, 1.165) is 0 Å². The number of aryl methyl sites for hydroxylation is 1. The van der Waals surface area contributed by atoms with Gasteiger partial charge in [-0.2, -0.15) is 0 Å². The number of aromatic nitrogens is 1. The molecule has 0 aliphatic rings. The molecule has 2 heterocycles. The molecule has 2 aromatic heterocycles. The lowest BCUT2D eigenvalue weighted by Gasteiger charge is -2.18. The van der Waals surface area contributed by atoms with Crippen LogP contribution in [0.3, 0.4) is 0 Å². The van der Waals surface area contributed by atoms with Gasteiger partial charge in [0.2, 0.25) is 5.91 Å². The monoisotopic (exact) mass is 349 g/mol. The summed E-state index contributed by atoms with van der Waals surface area (Å²) in [6.45, 7) is 5.88. The van der Waals surface area contributed by atoms with Crippen molar-refractivity contribution in [3.8, 4) is 11.7 Å². The molecule has 124 valence electrons. The van der Waals surface area contributed by atoms with Crippen LogP contribution in [0.5, 0.6) is 0 Å². The van der Waals surface area contributed by atoms with Crippen LogP contribution in [0, 0.1) is 6.92 Å². The predicted octanol–water partition coefficient (Wildman–Crippen LogP) is 2.48. The largest absolute Gasteiger partial charge is 0.459 e. The molecule has 8 heteroatoms. The van der Waals surface area contributed by atoms with Crippen LogP contribution in [0.15, 0.2) is 27.2 Å². The van der Waals surface area contributed by atoms with Gasteiger partial charge in [0.1, 0.15) is 5.76 Å². The second-order valence-corrected chi connectivity index (χ2v) is 5.44. The number of hydrogen-bond donors (Lipinski definition) is 2. The highest BCUT2D eigenvalue weighted by molar-refractivity contribution is 5.85. The lowest BCUT2D eigenvalue weighted by molar-refractivity contribution is -0.120. The number of carbonyl (C=O) groups is 1. The van der Waals surface area contributed by atoms with Crippen molar-refractivity contribution in [2.24, 2.45) is 5.73 Å². The Morgan fingerprint density at radius 3 is 2.64 bits per heavy atom. The first-order valence-corrected chi connectivity index (χ1v) is 6.41. The lowest BCUT2D eigenvalue weighted by atomic mass is 10.1. The smallest absolute Gasteiger partial charge is 0.263 e. The topological polar surface area (TPSA) is 94.3 Å². The van der Waals surface area contributed by atoms with E-state index in [-0.39, 0.29) is 37.1 Å². The third-order valence-electron chi connectivity index (χ3n) is 2.69. The SMILES string of the molecule is Cc1oc(-c2ccco2)nc1CC(=O)NCC(C)(C)N.Cl.Cl. The van der Waals surface area contributed by atoms with E-state index in [0.29, 0.717) is 29.6 Å². The Labute approximate surface area is 141 Å². The average molecular weight is 350 g/mol. The number of halogens is 2. The van der Waals surface area contributed by atoms with Gasteiger partial charge in [-0.25, -0.2) is 4.98 Å². The molecule has 1 amide bonds. The molecule has 0 unspecified atom stereocenters. The van der Waals surface area contributed by atoms with Crippen LogP contribution in [0.25, 0.3) is 11.7 Å². The van der Waals surface area contributed by atoms with Gasteiger partial charge in [0.25, 0.3) is 5.89 Å². The number of carbonyl (C=O) groups excluding carboxylic acids is 1. The summed E-state index contributed by atoms with van der Waals surface area (Å²) in [5.41, 5.74) is 5.98. The minimum Gasteiger partial charge on any atom is -0.459 e. The molecule has 0 aliphatic carbocycles. The highest BCUT2D eigenvalue weighted by Gasteiger charge is 2.17. The summed E-state index contributed by atoms with van der Waals surface area (Å²) in [5, 5.41) is 2.77. The molecule has 0 atom stereocenters. The van der Waals surface area contributed by atoms with Crippen LogP contribution in [0.1, 0.15) is 25.3 Å². The van der Waals surface area contributed by atoms with Crippen LogP contribution in [-0.4, -0.2) is 23.0 Å². The summed E-state index contributed by atoms with van der Waals surface area (Å²) in [6, 6.07) is 3.51. The summed E-state index contributed by atoms with van der Waals surface area (Å²) >= 11 is 0. The number of oxazole rings is 1. The van der Waals surface area contributed by atoms with Crippen LogP contribution in [0.2, 0.25) is 0 Å². The predicted molar refractivity (Wildman–Crippen MR) is 88.4 cm³/mol. The second-order valence-electron chi connectivity index (χ2n) is 5.44. The number of furan rings is 1. The molecule has 0 fully saturated rings. The van der Waals surface area contributed by atoms with E-state index in [1.165, 1.54) is 0 Å². The van der Waals surface area contributed by atoms with Crippen molar-refractivity contribution < 1.29 is 13.6 Å². The molecule has 0 bridgehead atoms. The van der Waals surface area contributed by atoms with Crippen LogP contribution < -0.4 is 11.1 Å². The van der Waals surface area contributed by atoms with E-state index >= 15 is 0 Å². The maximum absolute atomic E-state index is 11.8. The third-order valence-corrected chi connectivity index (χ3v) is 2.69. The lowest BCUT2D eigenvalue weighted by Crippen LogP contribution is -2.45. The second kappa shape index (κ2) is 8.22. The minimum absolute atomic E-state index is 0. The van der Waals surface area contributed by atoms with Gasteiger partial charge in [0.05, 0.1) is 18.4 Å². The Balaban J connectivity index is 0.00000220. The van der Waals surface area contributed by atoms with Gasteiger partial charge in [-0.3, -0.25) is 4.79 Å². The number of nitrogens with one attached hydrogen (secondary N) is 1. The average Bonchev–Trinajstić information content (AvgIpc) is 2.96. The Morgan fingerprint density at radius 1 is 1.41 bits per heavy atom. The van der Waals surface area contributed by atoms with Crippen molar-refractivity contribution in [1.82, 2.24) is 10.3 Å². The number of hydrogen-bond acceptors (Lipinski definition) is 5. The summed E-state index contributed by atoms with van der Waals surface area (Å²) < 4.78 is 10.7. The zero-order chi connectivity index (χ0) is 14.8. The summed E-state index contributed by atoms with van der Waals surface area (Å²) in [4.78, 5) is 16.1. The van der Waals surface area contributed by atoms with Gasteiger partial charge in [-0.05, 0) is 32.9 Å². The number of rotatable bonds is 5. The van der Waals surface area contributed by atoms with E-state index in [1.807, 2.05) is 13.8 Å². The first kappa shape index (κ1) is 20.5. The molecular formula is C14H21Cl2N3O3. The molecule has 0 saturated heterocycles. The van der Waals surface area contributed by atoms with Crippen molar-refractivity contribution in [2.45, 2.75) is 32.7 Å². The van der Waals surface area contributed by atoms with Crippen molar-refractivity contribution in [3.05, 3.63) is 29.9 Å². The van der Waals surface area contributed by atoms with Crippen LogP contribution >= 0.6 is 24.8 Å². The van der Waals surface area contributed by atoms with E-state index in [9.17, 15) is 4.79 Å². The van der Waals surface area contributed by atoms with E-state index in [1.54, 1.807) is 25.3 Å². The Morgan fingerprint density at radius 2 is 2.09 bits per heavy atom. The van der Waals surface area contributed by atoms with Gasteiger partial charge in [0.15, 0.2) is 5.76 Å². The molecule has 0 spiro atoms. The fourth-order valence-electron chi connectivity index (χ4n) is 1.64. The maximum Gasteiger partial charge on any atom is 0.263 e. The Hall–Kier alpha value is -1.50. The van der Waals surface area contributed by atoms with Crippen molar-refractivity contribution in [1.29, 1.82) is 0 Å². The number of amides is 1. The van der Waals surface area contributed by atoms with Crippen molar-refractivity contribution in [2.75, 3.05) is 6.54 Å². The van der Waals surface area contributed by atoms with Gasteiger partial charge in [-0.15, -0.1) is 24.8 Å². The first-order valence-electron chi connectivity index (χ1n) is 6.41. The summed E-state index contributed by atoms with van der Waals surface area (Å²) in [5.74, 6) is 1.40. The summed E-state index contributed by atoms with van der Waals surface area (Å²) in [6.07, 6.45) is 1.71. The molecule has 2 rings (SSSR count). The maximum atomic E-state index is 11.8. The number of nitrogens with two attached hydrogens (primary N) is 1. The Kier molecular flexibility index (Phi) is 7.66. The first-order chi connectivity index (χ1) is 9.35. The quantitative estimate of drug-likeness (QED) is 0.864. The minimum atomic E-state index is -0.437. The third kappa shape index (κ3) is 5.71. The molecule has 3 N–H and O–H groups in total. The van der Waals surface area contributed by atoms with Gasteiger partial charge in [0, 0.05) is 12.1 Å². The molecule has 22 heavy (non-hydrogen) atoms. The molecule has 0 aliphatic heterocycles. The van der Waals surface area contributed by atoms with Gasteiger partial charge in [-0.1, -0.05) is 0 Å². The van der Waals surface area contributed by atoms with Crippen LogP contribution in [-0.2, 0) is 11.2 Å². The summed E-state index contributed by atoms with van der Waals surface area (Å²) in [7, 11) is 0. The molecule has 0 radical (unpaired) electrons. The fraction of sp³-hybridized carbons (Fsp3) is 0.429. The molecule has 2 aromatic rings. The Bertz CT molecular complexity index is 589. The standard InChI is InChI=1S/C14H19N3O3.2ClH/c1-9-10(7-12(18)16-8-14(2,3)15)17-13(20-9)11-5-4-6-19-11;;/h4-6H,7-8,15H2,1-3H3,(H,16,18);2*1H. The molecule has 6 nitrogen and oxygen atoms in total. The molecular weight excluding hydrogens is 329 g/mol. The van der Waals surface area contributed by atoms with Crippen LogP contribution in [0.4, 0.5) is 0 Å². The normalized spacial score (nSPS) is 10.5. The van der Waals surface area contributed by atoms with Crippen molar-refractivity contribution in [3.63, 3.8) is 0 Å². The highest BCUT2D eigenvalue weighted by atomic mass is 35.5. The van der Waals surface area contributed by atoms with Gasteiger partial charge >= 0.3 is 0 Å².